The highest BCUT2D eigenvalue weighted by Crippen LogP contribution is 2.40. The molecule has 0 spiro atoms. The quantitative estimate of drug-likeness (QED) is 0.337. The van der Waals surface area contributed by atoms with E-state index in [4.69, 9.17) is 9.47 Å². The first-order valence-electron chi connectivity index (χ1n) is 14.4. The Morgan fingerprint density at radius 3 is 2.92 bits per heavy atom. The number of halogens is 3. The van der Waals surface area contributed by atoms with Gasteiger partial charge in [0.1, 0.15) is 17.7 Å². The van der Waals surface area contributed by atoms with E-state index in [-0.39, 0.29) is 49.8 Å². The predicted octanol–water partition coefficient (Wildman–Crippen LogP) is 5.38. The maximum absolute atomic E-state index is 15.3. The Kier molecular flexibility index (Phi) is 9.27. The number of likely N-dealkylation sites (tertiary alicyclic amines) is 1. The van der Waals surface area contributed by atoms with E-state index >= 15 is 8.78 Å². The fourth-order valence-corrected chi connectivity index (χ4v) is 6.06. The molecule has 2 saturated heterocycles. The van der Waals surface area contributed by atoms with Crippen molar-refractivity contribution in [3.63, 3.8) is 0 Å². The van der Waals surface area contributed by atoms with Crippen LogP contribution in [0.2, 0.25) is 0 Å². The molecule has 1 aromatic carbocycles. The van der Waals surface area contributed by atoms with E-state index in [1.54, 1.807) is 11.0 Å². The van der Waals surface area contributed by atoms with Gasteiger partial charge >= 0.3 is 5.97 Å². The second-order valence-electron chi connectivity index (χ2n) is 11.1. The number of pyridine rings is 1. The molecule has 3 unspecified atom stereocenters. The van der Waals surface area contributed by atoms with Gasteiger partial charge in [-0.15, -0.1) is 0 Å². The number of aliphatic carboxylic acids is 1. The number of alkyl halides is 2. The van der Waals surface area contributed by atoms with Crippen LogP contribution in [0.3, 0.4) is 0 Å². The van der Waals surface area contributed by atoms with Crippen molar-refractivity contribution in [2.75, 3.05) is 38.2 Å². The molecule has 0 bridgehead atoms. The normalized spacial score (nSPS) is 22.2. The van der Waals surface area contributed by atoms with Gasteiger partial charge in [-0.3, -0.25) is 9.69 Å². The van der Waals surface area contributed by atoms with Crippen molar-refractivity contribution < 1.29 is 32.5 Å². The van der Waals surface area contributed by atoms with Crippen molar-refractivity contribution in [1.82, 2.24) is 9.88 Å². The van der Waals surface area contributed by atoms with Crippen LogP contribution in [0.4, 0.5) is 19.0 Å². The lowest BCUT2D eigenvalue weighted by atomic mass is 9.94. The number of nitrogens with one attached hydrogen (secondary N) is 1. The summed E-state index contributed by atoms with van der Waals surface area (Å²) in [6, 6.07) is 7.11. The molecule has 5 rings (SSSR count). The Labute approximate surface area is 233 Å². The van der Waals surface area contributed by atoms with Crippen molar-refractivity contribution in [2.24, 2.45) is 5.92 Å². The Hall–Kier alpha value is -2.69. The second-order valence-corrected chi connectivity index (χ2v) is 11.1. The van der Waals surface area contributed by atoms with Crippen LogP contribution in [0.25, 0.3) is 0 Å². The molecule has 2 aromatic rings. The summed E-state index contributed by atoms with van der Waals surface area (Å²) in [7, 11) is 0. The summed E-state index contributed by atoms with van der Waals surface area (Å²) in [6.45, 7) is 1.93. The Morgan fingerprint density at radius 2 is 2.12 bits per heavy atom. The average molecular weight is 562 g/mol. The van der Waals surface area contributed by atoms with Crippen molar-refractivity contribution in [1.29, 1.82) is 0 Å². The summed E-state index contributed by atoms with van der Waals surface area (Å²) in [5, 5.41) is 13.4. The summed E-state index contributed by atoms with van der Waals surface area (Å²) in [4.78, 5) is 18.6. The van der Waals surface area contributed by atoms with Crippen molar-refractivity contribution in [2.45, 2.75) is 76.0 Å². The Bertz CT molecular complexity index is 1170. The van der Waals surface area contributed by atoms with Gasteiger partial charge in [0.25, 0.3) is 5.92 Å². The minimum Gasteiger partial charge on any atom is -0.480 e. The Morgan fingerprint density at radius 1 is 1.25 bits per heavy atom. The van der Waals surface area contributed by atoms with E-state index in [1.165, 1.54) is 17.7 Å². The minimum atomic E-state index is -2.92. The monoisotopic (exact) mass is 561 g/mol. The lowest BCUT2D eigenvalue weighted by molar-refractivity contribution is -0.143. The first kappa shape index (κ1) is 28.8. The molecule has 0 saturated carbocycles. The zero-order valence-corrected chi connectivity index (χ0v) is 22.7. The van der Waals surface area contributed by atoms with E-state index < -0.39 is 29.7 Å². The molecule has 0 aliphatic carbocycles. The van der Waals surface area contributed by atoms with Gasteiger partial charge in [-0.1, -0.05) is 18.2 Å². The van der Waals surface area contributed by atoms with Crippen molar-refractivity contribution in [3.8, 4) is 0 Å². The summed E-state index contributed by atoms with van der Waals surface area (Å²) in [5.41, 5.74) is 2.52. The van der Waals surface area contributed by atoms with E-state index in [0.717, 1.165) is 30.9 Å². The lowest BCUT2D eigenvalue weighted by Crippen LogP contribution is -2.36. The third-order valence-electron chi connectivity index (χ3n) is 8.36. The van der Waals surface area contributed by atoms with Gasteiger partial charge in [-0.2, -0.15) is 0 Å². The molecular formula is C30H38F3N3O4. The highest BCUT2D eigenvalue weighted by atomic mass is 19.3. The number of benzene rings is 1. The Balaban J connectivity index is 1.17. The second kappa shape index (κ2) is 12.9. The number of aryl methyl sites for hydroxylation is 2. The molecule has 10 heteroatoms. The van der Waals surface area contributed by atoms with Crippen LogP contribution in [0.5, 0.6) is 0 Å². The molecule has 0 radical (unpaired) electrons. The third kappa shape index (κ3) is 6.78. The minimum absolute atomic E-state index is 0.0602. The summed E-state index contributed by atoms with van der Waals surface area (Å²) >= 11 is 0. The molecule has 7 nitrogen and oxygen atoms in total. The molecule has 0 amide bonds. The van der Waals surface area contributed by atoms with Gasteiger partial charge in [0.2, 0.25) is 0 Å². The number of aromatic nitrogens is 1. The molecule has 3 aliphatic rings. The molecule has 3 aliphatic heterocycles. The number of hydrogen-bond donors (Lipinski definition) is 2. The maximum atomic E-state index is 15.3. The first-order chi connectivity index (χ1) is 19.3. The highest BCUT2D eigenvalue weighted by Gasteiger charge is 2.45. The van der Waals surface area contributed by atoms with E-state index in [2.05, 4.69) is 16.4 Å². The molecule has 4 heterocycles. The molecule has 218 valence electrons. The lowest BCUT2D eigenvalue weighted by Gasteiger charge is -2.28. The van der Waals surface area contributed by atoms with Gasteiger partial charge in [-0.05, 0) is 74.8 Å². The summed E-state index contributed by atoms with van der Waals surface area (Å²) in [5.74, 6) is -4.71. The zero-order valence-electron chi connectivity index (χ0n) is 22.7. The van der Waals surface area contributed by atoms with Gasteiger partial charge in [0.15, 0.2) is 0 Å². The fraction of sp³-hybridized carbons (Fsp3) is 0.600. The molecular weight excluding hydrogens is 523 g/mol. The number of nitrogens with zero attached hydrogens (tertiary/aromatic N) is 2. The van der Waals surface area contributed by atoms with Crippen LogP contribution >= 0.6 is 0 Å². The van der Waals surface area contributed by atoms with E-state index in [1.807, 2.05) is 6.07 Å². The van der Waals surface area contributed by atoms with Crippen molar-refractivity contribution in [3.05, 3.63) is 58.5 Å². The third-order valence-corrected chi connectivity index (χ3v) is 8.36. The number of carboxylic acid groups (broad SMARTS) is 1. The van der Waals surface area contributed by atoms with Crippen LogP contribution in [0.15, 0.2) is 30.3 Å². The number of rotatable bonds is 12. The fourth-order valence-electron chi connectivity index (χ4n) is 6.06. The number of unbranched alkanes of at least 4 members (excludes halogenated alkanes) is 1. The number of anilines is 1. The number of carboxylic acids is 1. The zero-order chi connectivity index (χ0) is 28.1. The van der Waals surface area contributed by atoms with Gasteiger partial charge in [0.05, 0.1) is 19.3 Å². The maximum Gasteiger partial charge on any atom is 0.325 e. The smallest absolute Gasteiger partial charge is 0.325 e. The van der Waals surface area contributed by atoms with Crippen LogP contribution < -0.4 is 5.32 Å². The summed E-state index contributed by atoms with van der Waals surface area (Å²) in [6.07, 6.45) is 4.14. The predicted molar refractivity (Wildman–Crippen MR) is 144 cm³/mol. The largest absolute Gasteiger partial charge is 0.480 e. The SMILES string of the molecule is O=C(O)C(c1cccc(F)c1COC1CCOC1)N1CCC(C(F)(F)CCCCc2ccc3c(n2)NCCC3)C1. The van der Waals surface area contributed by atoms with Crippen LogP contribution in [-0.2, 0) is 33.7 Å². The number of carbonyl (C=O) groups is 1. The highest BCUT2D eigenvalue weighted by molar-refractivity contribution is 5.76. The number of fused-ring (bicyclic) bond motifs is 1. The van der Waals surface area contributed by atoms with Gasteiger partial charge in [-0.25, -0.2) is 18.2 Å². The summed E-state index contributed by atoms with van der Waals surface area (Å²) < 4.78 is 56.4. The number of ether oxygens (including phenoxy) is 2. The molecule has 40 heavy (non-hydrogen) atoms. The molecule has 1 aromatic heterocycles. The topological polar surface area (TPSA) is 83.9 Å². The molecule has 2 fully saturated rings. The van der Waals surface area contributed by atoms with Gasteiger partial charge in [0, 0.05) is 43.3 Å². The average Bonchev–Trinajstić information content (AvgIpc) is 3.64. The van der Waals surface area contributed by atoms with Gasteiger partial charge < -0.3 is 19.9 Å². The molecule has 3 atom stereocenters. The van der Waals surface area contributed by atoms with Crippen LogP contribution in [0.1, 0.15) is 67.0 Å². The standard InChI is InChI=1S/C30H38F3N3O4/c31-26-8-3-7-24(25(26)19-40-23-12-16-39-18-23)27(29(37)38)36-15-11-21(17-36)30(32,33)13-2-1-6-22-10-9-20-5-4-14-34-28(20)35-22/h3,7-10,21,23,27H,1-2,4-6,11-19H2,(H,34,35)(H,37,38). The van der Waals surface area contributed by atoms with Crippen LogP contribution in [0, 0.1) is 11.7 Å². The van der Waals surface area contributed by atoms with Crippen LogP contribution in [-0.4, -0.2) is 65.8 Å². The van der Waals surface area contributed by atoms with Crippen molar-refractivity contribution >= 4 is 11.8 Å². The first-order valence-corrected chi connectivity index (χ1v) is 14.4. The number of hydrogen-bond acceptors (Lipinski definition) is 6. The van der Waals surface area contributed by atoms with E-state index in [9.17, 15) is 14.3 Å². The van der Waals surface area contributed by atoms with E-state index in [0.29, 0.717) is 38.9 Å². The molecule has 2 N–H and O–H groups in total.